The number of fused-ring (bicyclic) bond motifs is 1. The van der Waals surface area contributed by atoms with Gasteiger partial charge in [-0.1, -0.05) is 41.1 Å². The van der Waals surface area contributed by atoms with Crippen molar-refractivity contribution in [2.45, 2.75) is 6.92 Å². The fraction of sp³-hybridized carbons (Fsp3) is 0.0667. The minimum absolute atomic E-state index is 0.263. The average Bonchev–Trinajstić information content (AvgIpc) is 2.79. The van der Waals surface area contributed by atoms with Crippen LogP contribution in [-0.2, 0) is 0 Å². The van der Waals surface area contributed by atoms with Crippen LogP contribution in [0, 0.1) is 18.3 Å². The predicted molar refractivity (Wildman–Crippen MR) is 76.6 cm³/mol. The van der Waals surface area contributed by atoms with E-state index in [9.17, 15) is 0 Å². The van der Waals surface area contributed by atoms with Gasteiger partial charge < -0.3 is 4.52 Å². The predicted octanol–water partition coefficient (Wildman–Crippen LogP) is 4.44. The van der Waals surface area contributed by atoms with E-state index in [4.69, 9.17) is 9.78 Å². The van der Waals surface area contributed by atoms with E-state index in [1.807, 2.05) is 24.3 Å². The van der Waals surface area contributed by atoms with Crippen LogP contribution in [0.1, 0.15) is 11.3 Å². The zero-order valence-corrected chi connectivity index (χ0v) is 11.7. The Hall–Kier alpha value is -2.12. The Morgan fingerprint density at radius 3 is 2.63 bits per heavy atom. The molecular weight excluding hydrogens is 304 g/mol. The Morgan fingerprint density at radius 1 is 1.16 bits per heavy atom. The summed E-state index contributed by atoms with van der Waals surface area (Å²) < 4.78 is 5.82. The molecule has 0 aliphatic heterocycles. The molecule has 0 unspecified atom stereocenters. The number of hydrogen-bond donors (Lipinski definition) is 0. The number of nitrogens with zero attached hydrogens (tertiary/aromatic N) is 2. The summed E-state index contributed by atoms with van der Waals surface area (Å²) >= 11 is 3.35. The fourth-order valence-corrected chi connectivity index (χ4v) is 2.50. The Labute approximate surface area is 118 Å². The van der Waals surface area contributed by atoms with Gasteiger partial charge in [-0.3, -0.25) is 0 Å². The van der Waals surface area contributed by atoms with Gasteiger partial charge in [-0.2, -0.15) is 5.26 Å². The highest BCUT2D eigenvalue weighted by atomic mass is 79.9. The minimum Gasteiger partial charge on any atom is -0.354 e. The second-order valence-corrected chi connectivity index (χ2v) is 5.14. The molecule has 0 fully saturated rings. The van der Waals surface area contributed by atoms with E-state index in [1.54, 1.807) is 0 Å². The molecule has 4 heteroatoms. The van der Waals surface area contributed by atoms with E-state index in [-0.39, 0.29) is 5.69 Å². The van der Waals surface area contributed by atoms with Crippen LogP contribution in [0.4, 0.5) is 0 Å². The standard InChI is InChI=1S/C15H9BrN2O/c1-9-2-3-11-7-12(5-4-10(11)6-9)15-14(16)13(8-17)18-19-15/h2-7H,1H3. The van der Waals surface area contributed by atoms with Gasteiger partial charge >= 0.3 is 0 Å². The number of hydrogen-bond acceptors (Lipinski definition) is 3. The van der Waals surface area contributed by atoms with Crippen molar-refractivity contribution < 1.29 is 4.52 Å². The van der Waals surface area contributed by atoms with Gasteiger partial charge in [-0.05, 0) is 39.7 Å². The molecule has 92 valence electrons. The zero-order chi connectivity index (χ0) is 13.4. The Balaban J connectivity index is 2.18. The maximum absolute atomic E-state index is 8.88. The highest BCUT2D eigenvalue weighted by Crippen LogP contribution is 2.32. The van der Waals surface area contributed by atoms with Crippen molar-refractivity contribution in [2.75, 3.05) is 0 Å². The van der Waals surface area contributed by atoms with Gasteiger partial charge in [0.15, 0.2) is 11.5 Å². The molecular formula is C15H9BrN2O. The summed E-state index contributed by atoms with van der Waals surface area (Å²) in [5.41, 5.74) is 2.39. The average molecular weight is 313 g/mol. The second-order valence-electron chi connectivity index (χ2n) is 4.35. The van der Waals surface area contributed by atoms with Crippen molar-refractivity contribution in [1.29, 1.82) is 5.26 Å². The van der Waals surface area contributed by atoms with Gasteiger partial charge in [0.2, 0.25) is 0 Å². The third-order valence-electron chi connectivity index (χ3n) is 3.00. The molecule has 3 rings (SSSR count). The first-order valence-electron chi connectivity index (χ1n) is 5.75. The second kappa shape index (κ2) is 4.52. The van der Waals surface area contributed by atoms with Crippen molar-refractivity contribution in [2.24, 2.45) is 0 Å². The SMILES string of the molecule is Cc1ccc2cc(-c3onc(C#N)c3Br)ccc2c1. The number of aromatic nitrogens is 1. The van der Waals surface area contributed by atoms with Crippen LogP contribution in [0.15, 0.2) is 45.4 Å². The van der Waals surface area contributed by atoms with Gasteiger partial charge in [0.25, 0.3) is 0 Å². The van der Waals surface area contributed by atoms with E-state index in [2.05, 4.69) is 46.2 Å². The van der Waals surface area contributed by atoms with E-state index < -0.39 is 0 Å². The lowest BCUT2D eigenvalue weighted by Gasteiger charge is -2.02. The van der Waals surface area contributed by atoms with Gasteiger partial charge in [0.1, 0.15) is 10.5 Å². The Kier molecular flexibility index (Phi) is 2.84. The van der Waals surface area contributed by atoms with E-state index in [1.165, 1.54) is 10.9 Å². The molecule has 0 aliphatic carbocycles. The Morgan fingerprint density at radius 2 is 1.89 bits per heavy atom. The van der Waals surface area contributed by atoms with Crippen molar-refractivity contribution in [1.82, 2.24) is 5.16 Å². The summed E-state index contributed by atoms with van der Waals surface area (Å²) in [4.78, 5) is 0. The molecule has 0 saturated carbocycles. The molecule has 0 aliphatic rings. The highest BCUT2D eigenvalue weighted by molar-refractivity contribution is 9.10. The van der Waals surface area contributed by atoms with Crippen LogP contribution in [-0.4, -0.2) is 5.16 Å². The third kappa shape index (κ3) is 2.02. The van der Waals surface area contributed by atoms with E-state index >= 15 is 0 Å². The van der Waals surface area contributed by atoms with Crippen LogP contribution in [0.3, 0.4) is 0 Å². The first-order chi connectivity index (χ1) is 9.19. The normalized spacial score (nSPS) is 10.6. The van der Waals surface area contributed by atoms with Crippen LogP contribution in [0.2, 0.25) is 0 Å². The van der Waals surface area contributed by atoms with Crippen LogP contribution < -0.4 is 0 Å². The molecule has 1 aromatic heterocycles. The lowest BCUT2D eigenvalue weighted by Crippen LogP contribution is -1.79. The molecule has 0 bridgehead atoms. The number of rotatable bonds is 1. The zero-order valence-electron chi connectivity index (χ0n) is 10.1. The molecule has 3 nitrogen and oxygen atoms in total. The number of halogens is 1. The van der Waals surface area contributed by atoms with Crippen molar-refractivity contribution in [3.63, 3.8) is 0 Å². The molecule has 0 N–H and O–H groups in total. The molecule has 19 heavy (non-hydrogen) atoms. The Bertz CT molecular complexity index is 815. The van der Waals surface area contributed by atoms with Crippen molar-refractivity contribution >= 4 is 26.7 Å². The molecule has 2 aromatic carbocycles. The maximum atomic E-state index is 8.88. The van der Waals surface area contributed by atoms with Crippen LogP contribution >= 0.6 is 15.9 Å². The summed E-state index contributed by atoms with van der Waals surface area (Å²) in [5, 5.41) is 14.9. The quantitative estimate of drug-likeness (QED) is 0.667. The van der Waals surface area contributed by atoms with Crippen molar-refractivity contribution in [3.8, 4) is 17.4 Å². The summed E-state index contributed by atoms with van der Waals surface area (Å²) in [6.07, 6.45) is 0. The number of nitriles is 1. The number of aryl methyl sites for hydroxylation is 1. The molecule has 0 amide bonds. The molecule has 0 radical (unpaired) electrons. The van der Waals surface area contributed by atoms with Crippen LogP contribution in [0.25, 0.3) is 22.1 Å². The monoisotopic (exact) mass is 312 g/mol. The minimum atomic E-state index is 0.263. The lowest BCUT2D eigenvalue weighted by molar-refractivity contribution is 0.430. The topological polar surface area (TPSA) is 49.8 Å². The summed E-state index contributed by atoms with van der Waals surface area (Å²) in [5.74, 6) is 0.582. The first kappa shape index (κ1) is 11.9. The first-order valence-corrected chi connectivity index (χ1v) is 6.54. The largest absolute Gasteiger partial charge is 0.354 e. The molecule has 0 atom stereocenters. The molecule has 3 aromatic rings. The molecule has 0 spiro atoms. The smallest absolute Gasteiger partial charge is 0.198 e. The van der Waals surface area contributed by atoms with Gasteiger partial charge in [-0.15, -0.1) is 0 Å². The van der Waals surface area contributed by atoms with E-state index in [0.29, 0.717) is 10.2 Å². The van der Waals surface area contributed by atoms with Gasteiger partial charge in [0.05, 0.1) is 0 Å². The maximum Gasteiger partial charge on any atom is 0.198 e. The summed E-state index contributed by atoms with van der Waals surface area (Å²) in [6.45, 7) is 2.07. The molecule has 1 heterocycles. The van der Waals surface area contributed by atoms with Crippen molar-refractivity contribution in [3.05, 3.63) is 52.1 Å². The van der Waals surface area contributed by atoms with Gasteiger partial charge in [0, 0.05) is 5.56 Å². The van der Waals surface area contributed by atoms with Gasteiger partial charge in [-0.25, -0.2) is 0 Å². The fourth-order valence-electron chi connectivity index (χ4n) is 2.03. The summed E-state index contributed by atoms with van der Waals surface area (Å²) in [6, 6.07) is 14.3. The highest BCUT2D eigenvalue weighted by Gasteiger charge is 2.15. The summed E-state index contributed by atoms with van der Waals surface area (Å²) in [7, 11) is 0. The molecule has 0 saturated heterocycles. The number of benzene rings is 2. The lowest BCUT2D eigenvalue weighted by atomic mass is 10.0. The van der Waals surface area contributed by atoms with Crippen LogP contribution in [0.5, 0.6) is 0 Å². The third-order valence-corrected chi connectivity index (χ3v) is 3.73. The van der Waals surface area contributed by atoms with E-state index in [0.717, 1.165) is 10.9 Å².